The summed E-state index contributed by atoms with van der Waals surface area (Å²) >= 11 is 5.54. The van der Waals surface area contributed by atoms with E-state index in [0.29, 0.717) is 52.0 Å². The third kappa shape index (κ3) is 5.79. The summed E-state index contributed by atoms with van der Waals surface area (Å²) in [6.45, 7) is 12.1. The average molecular weight is 633 g/mol. The Morgan fingerprint density at radius 3 is 2.48 bits per heavy atom. The van der Waals surface area contributed by atoms with Crippen LogP contribution in [-0.2, 0) is 20.9 Å². The highest BCUT2D eigenvalue weighted by Gasteiger charge is 2.75. The molecule has 0 aromatic heterocycles. The molecule has 3 fully saturated rings. The zero-order valence-electron chi connectivity index (χ0n) is 23.4. The molecule has 0 saturated carbocycles. The van der Waals surface area contributed by atoms with Crippen LogP contribution in [0.2, 0.25) is 0 Å². The highest BCUT2D eigenvalue weighted by Crippen LogP contribution is 2.68. The van der Waals surface area contributed by atoms with Crippen LogP contribution < -0.4 is 0 Å². The van der Waals surface area contributed by atoms with Crippen LogP contribution in [0.1, 0.15) is 44.6 Å². The number of carbonyl (C=O) groups excluding carboxylic acids is 3. The lowest BCUT2D eigenvalue weighted by Gasteiger charge is -2.38. The second kappa shape index (κ2) is 13.7. The summed E-state index contributed by atoms with van der Waals surface area (Å²) in [5.41, 5.74) is 1.02. The van der Waals surface area contributed by atoms with Gasteiger partial charge in [-0.25, -0.2) is 0 Å². The van der Waals surface area contributed by atoms with Crippen LogP contribution in [0.15, 0.2) is 55.6 Å². The zero-order chi connectivity index (χ0) is 28.9. The van der Waals surface area contributed by atoms with Gasteiger partial charge >= 0.3 is 0 Å². The largest absolute Gasteiger partial charge is 0.396 e. The number of unbranched alkanes of at least 4 members (excludes halogenated alkanes) is 2. The Morgan fingerprint density at radius 1 is 1.12 bits per heavy atom. The number of rotatable bonds is 15. The first-order valence-electron chi connectivity index (χ1n) is 14.4. The van der Waals surface area contributed by atoms with Crippen LogP contribution in [0.5, 0.6) is 0 Å². The first-order chi connectivity index (χ1) is 19.3. The van der Waals surface area contributed by atoms with Crippen molar-refractivity contribution in [2.75, 3.05) is 32.8 Å². The number of hydrogen-bond acceptors (Lipinski definition) is 5. The van der Waals surface area contributed by atoms with Crippen LogP contribution in [0.3, 0.4) is 0 Å². The second-order valence-corrected chi connectivity index (χ2v) is 13.8. The number of benzene rings is 1. The Kier molecular flexibility index (Phi) is 10.6. The summed E-state index contributed by atoms with van der Waals surface area (Å²) in [5.74, 6) is -1.30. The molecule has 3 amide bonds. The third-order valence-corrected chi connectivity index (χ3v) is 11.7. The number of aliphatic hydroxyl groups excluding tert-OH is 1. The molecule has 3 heterocycles. The summed E-state index contributed by atoms with van der Waals surface area (Å²) in [7, 11) is 0. The van der Waals surface area contributed by atoms with Crippen molar-refractivity contribution in [3.8, 4) is 0 Å². The van der Waals surface area contributed by atoms with Gasteiger partial charge in [0, 0.05) is 49.4 Å². The number of amides is 3. The minimum atomic E-state index is -0.676. The molecule has 4 rings (SSSR count). The molecule has 3 aliphatic rings. The molecule has 0 aliphatic carbocycles. The molecule has 7 nitrogen and oxygen atoms in total. The quantitative estimate of drug-likeness (QED) is 0.178. The number of carbonyl (C=O) groups is 3. The van der Waals surface area contributed by atoms with E-state index in [2.05, 4.69) is 36.0 Å². The topological polar surface area (TPSA) is 81.2 Å². The van der Waals surface area contributed by atoms with Crippen molar-refractivity contribution in [1.29, 1.82) is 0 Å². The van der Waals surface area contributed by atoms with Crippen LogP contribution in [0.4, 0.5) is 0 Å². The highest BCUT2D eigenvalue weighted by molar-refractivity contribution is 9.09. The van der Waals surface area contributed by atoms with Crippen LogP contribution in [0, 0.1) is 11.8 Å². The van der Waals surface area contributed by atoms with Gasteiger partial charge in [-0.15, -0.1) is 24.9 Å². The molecular formula is C31H42BrN3O4S. The molecule has 0 radical (unpaired) electrons. The van der Waals surface area contributed by atoms with Gasteiger partial charge in [0.15, 0.2) is 0 Å². The molecular weight excluding hydrogens is 590 g/mol. The summed E-state index contributed by atoms with van der Waals surface area (Å²) < 4.78 is -0.676. The van der Waals surface area contributed by atoms with E-state index in [1.165, 1.54) is 0 Å². The van der Waals surface area contributed by atoms with Gasteiger partial charge in [0.25, 0.3) is 0 Å². The SMILES string of the molecule is C=CCN(CCCC)C(=O)C1N(CCCCO)C(=O)[C@@H]2[C@H](C(=O)N(CC=C)Cc3ccccc3)[C@H]3SC12CC3Br. The number of fused-ring (bicyclic) bond motifs is 1. The minimum Gasteiger partial charge on any atom is -0.396 e. The van der Waals surface area contributed by atoms with Gasteiger partial charge in [-0.05, 0) is 31.2 Å². The lowest BCUT2D eigenvalue weighted by atomic mass is 9.70. The summed E-state index contributed by atoms with van der Waals surface area (Å²) in [4.78, 5) is 48.3. The Labute approximate surface area is 251 Å². The van der Waals surface area contributed by atoms with E-state index in [9.17, 15) is 19.5 Å². The van der Waals surface area contributed by atoms with Crippen LogP contribution in [-0.4, -0.2) is 91.2 Å². The van der Waals surface area contributed by atoms with Gasteiger partial charge in [-0.1, -0.05) is 71.8 Å². The zero-order valence-corrected chi connectivity index (χ0v) is 25.8. The van der Waals surface area contributed by atoms with E-state index in [1.54, 1.807) is 33.7 Å². The van der Waals surface area contributed by atoms with Crippen molar-refractivity contribution in [1.82, 2.24) is 14.7 Å². The molecule has 1 N–H and O–H groups in total. The maximum atomic E-state index is 14.3. The van der Waals surface area contributed by atoms with E-state index < -0.39 is 22.6 Å². The van der Waals surface area contributed by atoms with Crippen molar-refractivity contribution in [2.45, 2.75) is 66.4 Å². The van der Waals surface area contributed by atoms with Gasteiger partial charge in [0.05, 0.1) is 16.6 Å². The number of nitrogens with zero attached hydrogens (tertiary/aromatic N) is 3. The van der Waals surface area contributed by atoms with Crippen LogP contribution >= 0.6 is 27.7 Å². The standard InChI is InChI=1S/C31H42BrN3O4S/c1-4-7-17-33(15-5-2)30(39)27-31-20-23(32)26(40-31)24(25(31)29(38)35(27)18-11-12-19-36)28(37)34(16-6-3)21-22-13-9-8-10-14-22/h5-6,8-10,13-14,23-27,36H,2-4,7,11-12,15-21H2,1H3/t23?,24-,25-,26-,27?,31?/m0/s1. The van der Waals surface area contributed by atoms with Crippen molar-refractivity contribution in [3.63, 3.8) is 0 Å². The fourth-order valence-electron chi connectivity index (χ4n) is 6.70. The van der Waals surface area contributed by atoms with Gasteiger partial charge in [-0.2, -0.15) is 0 Å². The minimum absolute atomic E-state index is 0.0222. The van der Waals surface area contributed by atoms with Crippen molar-refractivity contribution in [2.24, 2.45) is 11.8 Å². The summed E-state index contributed by atoms with van der Waals surface area (Å²) in [6.07, 6.45) is 7.11. The number of alkyl halides is 1. The molecule has 3 unspecified atom stereocenters. The van der Waals surface area contributed by atoms with Gasteiger partial charge in [0.2, 0.25) is 17.7 Å². The third-order valence-electron chi connectivity index (χ3n) is 8.44. The van der Waals surface area contributed by atoms with Crippen molar-refractivity contribution in [3.05, 3.63) is 61.2 Å². The number of likely N-dealkylation sites (tertiary alicyclic amines) is 1. The molecule has 1 aromatic carbocycles. The molecule has 2 bridgehead atoms. The summed E-state index contributed by atoms with van der Waals surface area (Å²) in [6, 6.07) is 9.21. The number of thioether (sulfide) groups is 1. The second-order valence-electron chi connectivity index (χ2n) is 11.0. The Hall–Kier alpha value is -2.10. The van der Waals surface area contributed by atoms with Crippen LogP contribution in [0.25, 0.3) is 0 Å². The monoisotopic (exact) mass is 631 g/mol. The summed E-state index contributed by atoms with van der Waals surface area (Å²) in [5, 5.41) is 9.33. The molecule has 6 atom stereocenters. The van der Waals surface area contributed by atoms with E-state index in [-0.39, 0.29) is 34.4 Å². The normalized spacial score (nSPS) is 28.4. The maximum Gasteiger partial charge on any atom is 0.247 e. The molecule has 1 aromatic rings. The predicted octanol–water partition coefficient (Wildman–Crippen LogP) is 4.25. The number of aliphatic hydroxyl groups is 1. The van der Waals surface area contributed by atoms with Gasteiger partial charge in [-0.3, -0.25) is 14.4 Å². The van der Waals surface area contributed by atoms with Crippen molar-refractivity contribution >= 4 is 45.4 Å². The smallest absolute Gasteiger partial charge is 0.247 e. The molecule has 9 heteroatoms. The van der Waals surface area contributed by atoms with Gasteiger partial charge < -0.3 is 19.8 Å². The Morgan fingerprint density at radius 2 is 1.82 bits per heavy atom. The number of hydrogen-bond donors (Lipinski definition) is 1. The first kappa shape index (κ1) is 30.8. The van der Waals surface area contributed by atoms with E-state index in [0.717, 1.165) is 18.4 Å². The molecule has 40 heavy (non-hydrogen) atoms. The predicted molar refractivity (Wildman–Crippen MR) is 164 cm³/mol. The number of halogens is 1. The fraction of sp³-hybridized carbons (Fsp3) is 0.581. The molecule has 1 spiro atoms. The van der Waals surface area contributed by atoms with E-state index >= 15 is 0 Å². The highest BCUT2D eigenvalue weighted by atomic mass is 79.9. The first-order valence-corrected chi connectivity index (χ1v) is 16.2. The van der Waals surface area contributed by atoms with Crippen molar-refractivity contribution < 1.29 is 19.5 Å². The maximum absolute atomic E-state index is 14.3. The van der Waals surface area contributed by atoms with E-state index in [4.69, 9.17) is 0 Å². The molecule has 3 saturated heterocycles. The molecule has 3 aliphatic heterocycles. The average Bonchev–Trinajstić information content (AvgIpc) is 3.54. The molecule has 218 valence electrons. The van der Waals surface area contributed by atoms with E-state index in [1.807, 2.05) is 35.2 Å². The Balaban J connectivity index is 1.71. The fourth-order valence-corrected chi connectivity index (χ4v) is 10.3. The Bertz CT molecular complexity index is 1090. The lowest BCUT2D eigenvalue weighted by molar-refractivity contribution is -0.145. The lowest BCUT2D eigenvalue weighted by Crippen LogP contribution is -2.56. The van der Waals surface area contributed by atoms with Gasteiger partial charge in [0.1, 0.15) is 6.04 Å².